The number of nitrogens with zero attached hydrogens (tertiary/aromatic N) is 2. The molecule has 0 spiro atoms. The lowest BCUT2D eigenvalue weighted by molar-refractivity contribution is 0.274. The van der Waals surface area contributed by atoms with Gasteiger partial charge in [0.15, 0.2) is 5.82 Å². The van der Waals surface area contributed by atoms with E-state index in [9.17, 15) is 0 Å². The van der Waals surface area contributed by atoms with Gasteiger partial charge in [-0.3, -0.25) is 0 Å². The summed E-state index contributed by atoms with van der Waals surface area (Å²) in [6, 6.07) is 0. The van der Waals surface area contributed by atoms with Crippen LogP contribution in [0.2, 0.25) is 0 Å². The molecule has 1 aromatic rings. The van der Waals surface area contributed by atoms with Crippen molar-refractivity contribution in [1.29, 1.82) is 0 Å². The van der Waals surface area contributed by atoms with E-state index in [0.717, 1.165) is 0 Å². The molecule has 4 heteroatoms. The number of rotatable bonds is 2. The van der Waals surface area contributed by atoms with E-state index in [-0.39, 0.29) is 12.4 Å². The molecule has 48 valence electrons. The first-order chi connectivity index (χ1) is 4.33. The Balaban J connectivity index is 2.61. The Kier molecular flexibility index (Phi) is 1.79. The van der Waals surface area contributed by atoms with Crippen LogP contribution in [0.4, 0.5) is 0 Å². The Labute approximate surface area is 52.5 Å². The first kappa shape index (κ1) is 6.22. The molecule has 0 unspecified atom stereocenters. The summed E-state index contributed by atoms with van der Waals surface area (Å²) in [5.41, 5.74) is 0. The standard InChI is InChI=1S/C5H6N2O2/c1-4-6-5(2-3-8)9-7-4/h1,8H,2-3H2. The average molecular weight is 126 g/mol. The molecule has 1 N–H and O–H groups in total. The van der Waals surface area contributed by atoms with Crippen molar-refractivity contribution >= 4 is 0 Å². The lowest BCUT2D eigenvalue weighted by Gasteiger charge is -1.81. The number of aromatic nitrogens is 2. The van der Waals surface area contributed by atoms with Gasteiger partial charge in [-0.25, -0.2) is 0 Å². The molecule has 0 bridgehead atoms. The molecule has 4 nitrogen and oxygen atoms in total. The second-order valence-corrected chi connectivity index (χ2v) is 1.52. The van der Waals surface area contributed by atoms with Gasteiger partial charge in [-0.05, 0) is 0 Å². The molecule has 2 radical (unpaired) electrons. The first-order valence-electron chi connectivity index (χ1n) is 2.52. The van der Waals surface area contributed by atoms with E-state index in [0.29, 0.717) is 12.3 Å². The SMILES string of the molecule is [CH]c1noc(CCO)n1. The highest BCUT2D eigenvalue weighted by Gasteiger charge is 1.99. The van der Waals surface area contributed by atoms with Crippen molar-refractivity contribution in [2.24, 2.45) is 0 Å². The maximum absolute atomic E-state index is 8.36. The number of hydrogen-bond acceptors (Lipinski definition) is 4. The van der Waals surface area contributed by atoms with Gasteiger partial charge in [0.1, 0.15) is 0 Å². The molecule has 0 aliphatic carbocycles. The van der Waals surface area contributed by atoms with E-state index in [1.54, 1.807) is 0 Å². The van der Waals surface area contributed by atoms with E-state index < -0.39 is 0 Å². The normalized spacial score (nSPS) is 10.0. The molecule has 0 saturated heterocycles. The van der Waals surface area contributed by atoms with E-state index in [4.69, 9.17) is 12.0 Å². The van der Waals surface area contributed by atoms with Gasteiger partial charge in [0.25, 0.3) is 0 Å². The van der Waals surface area contributed by atoms with E-state index >= 15 is 0 Å². The van der Waals surface area contributed by atoms with E-state index in [1.165, 1.54) is 0 Å². The van der Waals surface area contributed by atoms with Gasteiger partial charge in [-0.2, -0.15) is 4.98 Å². The smallest absolute Gasteiger partial charge is 0.228 e. The molecule has 0 atom stereocenters. The molecule has 1 rings (SSSR count). The molecule has 0 saturated carbocycles. The van der Waals surface area contributed by atoms with Crippen LogP contribution in [0.1, 0.15) is 11.7 Å². The molecule has 0 aliphatic heterocycles. The lowest BCUT2D eigenvalue weighted by Crippen LogP contribution is -1.89. The topological polar surface area (TPSA) is 59.2 Å². The Morgan fingerprint density at radius 3 is 2.89 bits per heavy atom. The van der Waals surface area contributed by atoms with Crippen molar-refractivity contribution in [3.05, 3.63) is 18.6 Å². The maximum Gasteiger partial charge on any atom is 0.228 e. The molecule has 0 amide bonds. The number of aliphatic hydroxyl groups excluding tert-OH is 1. The highest BCUT2D eigenvalue weighted by atomic mass is 16.5. The summed E-state index contributed by atoms with van der Waals surface area (Å²) in [6.45, 7) is 5.11. The van der Waals surface area contributed by atoms with Crippen molar-refractivity contribution < 1.29 is 9.63 Å². The minimum atomic E-state index is 0.00162. The van der Waals surface area contributed by atoms with Crippen LogP contribution < -0.4 is 0 Å². The van der Waals surface area contributed by atoms with Gasteiger partial charge in [-0.15, -0.1) is 0 Å². The van der Waals surface area contributed by atoms with Crippen LogP contribution in [-0.4, -0.2) is 21.9 Å². The van der Waals surface area contributed by atoms with E-state index in [1.807, 2.05) is 0 Å². The Bertz CT molecular complexity index is 185. The number of hydrogen-bond donors (Lipinski definition) is 1. The van der Waals surface area contributed by atoms with Crippen LogP contribution in [0.3, 0.4) is 0 Å². The van der Waals surface area contributed by atoms with Crippen molar-refractivity contribution in [1.82, 2.24) is 10.1 Å². The van der Waals surface area contributed by atoms with Gasteiger partial charge in [0.2, 0.25) is 5.89 Å². The molecular weight excluding hydrogens is 120 g/mol. The minimum Gasteiger partial charge on any atom is -0.396 e. The Morgan fingerprint density at radius 2 is 2.44 bits per heavy atom. The van der Waals surface area contributed by atoms with Crippen LogP contribution in [-0.2, 0) is 6.42 Å². The predicted molar refractivity (Wildman–Crippen MR) is 28.5 cm³/mol. The molecule has 1 aromatic heterocycles. The second-order valence-electron chi connectivity index (χ2n) is 1.52. The lowest BCUT2D eigenvalue weighted by atomic mass is 10.5. The summed E-state index contributed by atoms with van der Waals surface area (Å²) in [5, 5.41) is 11.7. The highest BCUT2D eigenvalue weighted by molar-refractivity contribution is 4.88. The predicted octanol–water partition coefficient (Wildman–Crippen LogP) is -0.336. The summed E-state index contributed by atoms with van der Waals surface area (Å²) in [7, 11) is 0. The third kappa shape index (κ3) is 1.50. The van der Waals surface area contributed by atoms with Crippen LogP contribution in [0.5, 0.6) is 0 Å². The molecule has 9 heavy (non-hydrogen) atoms. The average Bonchev–Trinajstić information content (AvgIpc) is 2.17. The molecule has 0 fully saturated rings. The maximum atomic E-state index is 8.36. The summed E-state index contributed by atoms with van der Waals surface area (Å²) in [5.74, 6) is 0.480. The van der Waals surface area contributed by atoms with Gasteiger partial charge >= 0.3 is 0 Å². The zero-order valence-corrected chi connectivity index (χ0v) is 4.74. The van der Waals surface area contributed by atoms with Crippen LogP contribution >= 0.6 is 0 Å². The fourth-order valence-electron chi connectivity index (χ4n) is 0.465. The summed E-state index contributed by atoms with van der Waals surface area (Å²) in [6.07, 6.45) is 0.365. The van der Waals surface area contributed by atoms with Gasteiger partial charge in [0, 0.05) is 6.92 Å². The minimum absolute atomic E-state index is 0.00162. The third-order valence-corrected chi connectivity index (χ3v) is 0.809. The van der Waals surface area contributed by atoms with E-state index in [2.05, 4.69) is 14.7 Å². The van der Waals surface area contributed by atoms with Crippen LogP contribution in [0, 0.1) is 6.92 Å². The van der Waals surface area contributed by atoms with Gasteiger partial charge < -0.3 is 9.63 Å². The zero-order chi connectivity index (χ0) is 6.69. The van der Waals surface area contributed by atoms with Gasteiger partial charge in [-0.1, -0.05) is 5.16 Å². The fourth-order valence-corrected chi connectivity index (χ4v) is 0.465. The Hall–Kier alpha value is -0.900. The van der Waals surface area contributed by atoms with Crippen molar-refractivity contribution in [3.8, 4) is 0 Å². The second kappa shape index (κ2) is 2.59. The number of aliphatic hydroxyl groups is 1. The Morgan fingerprint density at radius 1 is 1.67 bits per heavy atom. The largest absolute Gasteiger partial charge is 0.396 e. The summed E-state index contributed by atoms with van der Waals surface area (Å²) >= 11 is 0. The monoisotopic (exact) mass is 126 g/mol. The van der Waals surface area contributed by atoms with Crippen molar-refractivity contribution in [2.75, 3.05) is 6.61 Å². The van der Waals surface area contributed by atoms with Crippen molar-refractivity contribution in [2.45, 2.75) is 6.42 Å². The summed E-state index contributed by atoms with van der Waals surface area (Å²) < 4.78 is 4.56. The molecular formula is C5H6N2O2. The zero-order valence-electron chi connectivity index (χ0n) is 4.74. The molecule has 1 heterocycles. The van der Waals surface area contributed by atoms with Crippen LogP contribution in [0.25, 0.3) is 0 Å². The highest BCUT2D eigenvalue weighted by Crippen LogP contribution is 1.94. The summed E-state index contributed by atoms with van der Waals surface area (Å²) in [4.78, 5) is 3.64. The van der Waals surface area contributed by atoms with Crippen LogP contribution in [0.15, 0.2) is 4.52 Å². The first-order valence-corrected chi connectivity index (χ1v) is 2.52. The van der Waals surface area contributed by atoms with Crippen molar-refractivity contribution in [3.63, 3.8) is 0 Å². The molecule has 0 aliphatic rings. The molecule has 0 aromatic carbocycles. The quantitative estimate of drug-likeness (QED) is 0.589. The fraction of sp³-hybridized carbons (Fsp3) is 0.400. The van der Waals surface area contributed by atoms with Gasteiger partial charge in [0.05, 0.1) is 13.0 Å². The third-order valence-electron chi connectivity index (χ3n) is 0.809.